The first kappa shape index (κ1) is 26.4. The Morgan fingerprint density at radius 1 is 1.11 bits per heavy atom. The fourth-order valence-electron chi connectivity index (χ4n) is 5.80. The zero-order chi connectivity index (χ0) is 26.6. The molecule has 3 heterocycles. The highest BCUT2D eigenvalue weighted by atomic mass is 32.2. The minimum absolute atomic E-state index is 0.143. The van der Waals surface area contributed by atoms with Gasteiger partial charge in [-0.3, -0.25) is 14.4 Å². The van der Waals surface area contributed by atoms with Gasteiger partial charge in [0.2, 0.25) is 11.8 Å². The highest BCUT2D eigenvalue weighted by Crippen LogP contribution is 2.46. The Bertz CT molecular complexity index is 1340. The maximum atomic E-state index is 13.9. The third-order valence-electron chi connectivity index (χ3n) is 7.73. The average Bonchev–Trinajstić information content (AvgIpc) is 3.45. The number of thioether (sulfide) groups is 1. The minimum Gasteiger partial charge on any atom is -0.356 e. The number of para-hydroxylation sites is 1. The molecular weight excluding hydrogens is 496 g/mol. The van der Waals surface area contributed by atoms with Crippen molar-refractivity contribution in [3.8, 4) is 0 Å². The third kappa shape index (κ3) is 4.94. The Hall–Kier alpha value is -3.26. The standard InChI is InChI=1S/C30H36N4O3S/c1-3-4-5-10-16-31-28(35)24(15-17-38-2)33-29(36)25-18-22-19-11-8-9-14-23(19)32-26(22)27-20-12-6-7-13-21(20)30(37)34(25)27/h6-9,11-14,24-25,27,32H,3-5,10,15-18H2,1-2H3,(H,31,35)(H,33,36)/t24-,25+,27+/m0/s1. The van der Waals surface area contributed by atoms with E-state index in [9.17, 15) is 14.4 Å². The van der Waals surface area contributed by atoms with E-state index in [1.165, 1.54) is 0 Å². The SMILES string of the molecule is CCCCCCNC(=O)[C@H](CCSC)NC(=O)[C@H]1Cc2c([nH]c3ccccc23)[C@H]2c3ccccc3C(=O)N21. The van der Waals surface area contributed by atoms with Gasteiger partial charge in [-0.15, -0.1) is 0 Å². The van der Waals surface area contributed by atoms with E-state index in [0.29, 0.717) is 24.9 Å². The molecule has 0 radical (unpaired) electrons. The van der Waals surface area contributed by atoms with Gasteiger partial charge in [0.1, 0.15) is 12.1 Å². The zero-order valence-electron chi connectivity index (χ0n) is 22.1. The largest absolute Gasteiger partial charge is 0.356 e. The molecule has 2 aromatic carbocycles. The van der Waals surface area contributed by atoms with Gasteiger partial charge >= 0.3 is 0 Å². The van der Waals surface area contributed by atoms with Crippen molar-refractivity contribution < 1.29 is 14.4 Å². The van der Waals surface area contributed by atoms with E-state index in [2.05, 4.69) is 28.6 Å². The molecule has 0 spiro atoms. The van der Waals surface area contributed by atoms with Gasteiger partial charge < -0.3 is 20.5 Å². The lowest BCUT2D eigenvalue weighted by Crippen LogP contribution is -2.56. The summed E-state index contributed by atoms with van der Waals surface area (Å²) in [5.41, 5.74) is 4.57. The molecular formula is C30H36N4O3S. The Balaban J connectivity index is 1.42. The van der Waals surface area contributed by atoms with E-state index in [0.717, 1.165) is 59.2 Å². The van der Waals surface area contributed by atoms with Crippen molar-refractivity contribution in [1.82, 2.24) is 20.5 Å². The lowest BCUT2D eigenvalue weighted by atomic mass is 9.89. The molecule has 0 aliphatic carbocycles. The van der Waals surface area contributed by atoms with E-state index < -0.39 is 12.1 Å². The number of amides is 3. The first-order valence-corrected chi connectivity index (χ1v) is 15.0. The fraction of sp³-hybridized carbons (Fsp3) is 0.433. The van der Waals surface area contributed by atoms with Gasteiger partial charge in [0, 0.05) is 35.1 Å². The highest BCUT2D eigenvalue weighted by Gasteiger charge is 2.49. The van der Waals surface area contributed by atoms with Gasteiger partial charge in [-0.25, -0.2) is 0 Å². The Morgan fingerprint density at radius 2 is 1.89 bits per heavy atom. The zero-order valence-corrected chi connectivity index (χ0v) is 22.9. The van der Waals surface area contributed by atoms with E-state index in [-0.39, 0.29) is 23.8 Å². The van der Waals surface area contributed by atoms with E-state index in [1.54, 1.807) is 16.7 Å². The molecule has 8 heteroatoms. The van der Waals surface area contributed by atoms with Crippen LogP contribution in [0.3, 0.4) is 0 Å². The van der Waals surface area contributed by atoms with Crippen molar-refractivity contribution >= 4 is 40.4 Å². The molecule has 3 N–H and O–H groups in total. The highest BCUT2D eigenvalue weighted by molar-refractivity contribution is 7.98. The predicted molar refractivity (Wildman–Crippen MR) is 152 cm³/mol. The third-order valence-corrected chi connectivity index (χ3v) is 8.37. The van der Waals surface area contributed by atoms with Gasteiger partial charge in [0.05, 0.1) is 6.04 Å². The molecule has 0 fully saturated rings. The van der Waals surface area contributed by atoms with Crippen molar-refractivity contribution in [3.63, 3.8) is 0 Å². The summed E-state index contributed by atoms with van der Waals surface area (Å²) in [6.07, 6.45) is 7.22. The Kier molecular flexibility index (Phi) is 8.07. The van der Waals surface area contributed by atoms with Crippen molar-refractivity contribution in [2.24, 2.45) is 0 Å². The van der Waals surface area contributed by atoms with Crippen LogP contribution in [0, 0.1) is 0 Å². The molecule has 2 aliphatic heterocycles. The smallest absolute Gasteiger partial charge is 0.255 e. The van der Waals surface area contributed by atoms with E-state index in [1.807, 2.05) is 48.7 Å². The van der Waals surface area contributed by atoms with Crippen molar-refractivity contribution in [3.05, 3.63) is 70.9 Å². The lowest BCUT2D eigenvalue weighted by Gasteiger charge is -2.37. The number of nitrogens with zero attached hydrogens (tertiary/aromatic N) is 1. The minimum atomic E-state index is -0.708. The molecule has 38 heavy (non-hydrogen) atoms. The first-order valence-electron chi connectivity index (χ1n) is 13.6. The molecule has 3 amide bonds. The van der Waals surface area contributed by atoms with E-state index >= 15 is 0 Å². The summed E-state index contributed by atoms with van der Waals surface area (Å²) in [5.74, 6) is 0.179. The van der Waals surface area contributed by atoms with Crippen molar-refractivity contribution in [1.29, 1.82) is 0 Å². The summed E-state index contributed by atoms with van der Waals surface area (Å²) in [6.45, 7) is 2.76. The van der Waals surface area contributed by atoms with Crippen LogP contribution in [0.5, 0.6) is 0 Å². The van der Waals surface area contributed by atoms with Crippen LogP contribution in [0.4, 0.5) is 0 Å². The number of benzene rings is 2. The second kappa shape index (κ2) is 11.6. The first-order chi connectivity index (χ1) is 18.5. The van der Waals surface area contributed by atoms with Gasteiger partial charge in [-0.2, -0.15) is 11.8 Å². The molecule has 7 nitrogen and oxygen atoms in total. The molecule has 0 saturated heterocycles. The van der Waals surface area contributed by atoms with Crippen LogP contribution in [-0.4, -0.2) is 58.2 Å². The van der Waals surface area contributed by atoms with Crippen molar-refractivity contribution in [2.75, 3.05) is 18.6 Å². The molecule has 1 aromatic heterocycles. The van der Waals surface area contributed by atoms with Crippen LogP contribution < -0.4 is 10.6 Å². The van der Waals surface area contributed by atoms with Gasteiger partial charge in [-0.05, 0) is 48.1 Å². The summed E-state index contributed by atoms with van der Waals surface area (Å²) in [7, 11) is 0. The quantitative estimate of drug-likeness (QED) is 0.315. The molecule has 0 saturated carbocycles. The number of hydrogen-bond donors (Lipinski definition) is 3. The normalized spacial score (nSPS) is 18.6. The maximum Gasteiger partial charge on any atom is 0.255 e. The summed E-state index contributed by atoms with van der Waals surface area (Å²) < 4.78 is 0. The molecule has 5 rings (SSSR count). The molecule has 200 valence electrons. The molecule has 0 bridgehead atoms. The molecule has 2 aliphatic rings. The van der Waals surface area contributed by atoms with Crippen LogP contribution in [0.1, 0.15) is 72.2 Å². The van der Waals surface area contributed by atoms with Crippen LogP contribution >= 0.6 is 11.8 Å². The number of aromatic amines is 1. The van der Waals surface area contributed by atoms with Crippen LogP contribution in [-0.2, 0) is 16.0 Å². The van der Waals surface area contributed by atoms with Crippen LogP contribution in [0.25, 0.3) is 10.9 Å². The molecule has 0 unspecified atom stereocenters. The number of hydrogen-bond acceptors (Lipinski definition) is 4. The van der Waals surface area contributed by atoms with Gasteiger partial charge in [0.25, 0.3) is 5.91 Å². The molecule has 3 aromatic rings. The van der Waals surface area contributed by atoms with Crippen molar-refractivity contribution in [2.45, 2.75) is 63.6 Å². The van der Waals surface area contributed by atoms with E-state index in [4.69, 9.17) is 0 Å². The number of unbranched alkanes of at least 4 members (excludes halogenated alkanes) is 3. The summed E-state index contributed by atoms with van der Waals surface area (Å²) in [6, 6.07) is 14.0. The summed E-state index contributed by atoms with van der Waals surface area (Å²) in [4.78, 5) is 45.9. The number of rotatable bonds is 11. The number of H-pyrrole nitrogens is 1. The van der Waals surface area contributed by atoms with Crippen LogP contribution in [0.15, 0.2) is 48.5 Å². The fourth-order valence-corrected chi connectivity index (χ4v) is 6.27. The van der Waals surface area contributed by atoms with Gasteiger partial charge in [0.15, 0.2) is 0 Å². The summed E-state index contributed by atoms with van der Waals surface area (Å²) >= 11 is 1.65. The molecule has 3 atom stereocenters. The van der Waals surface area contributed by atoms with Gasteiger partial charge in [-0.1, -0.05) is 62.6 Å². The number of fused-ring (bicyclic) bond motifs is 7. The average molecular weight is 533 g/mol. The Labute approximate surface area is 228 Å². The second-order valence-electron chi connectivity index (χ2n) is 10.2. The predicted octanol–water partition coefficient (Wildman–Crippen LogP) is 4.57. The Morgan fingerprint density at radius 3 is 2.71 bits per heavy atom. The summed E-state index contributed by atoms with van der Waals surface area (Å²) in [5, 5.41) is 7.12. The lowest BCUT2D eigenvalue weighted by molar-refractivity contribution is -0.132. The number of nitrogens with one attached hydrogen (secondary N) is 3. The number of carbonyl (C=O) groups excluding carboxylic acids is 3. The topological polar surface area (TPSA) is 94.3 Å². The monoisotopic (exact) mass is 532 g/mol. The second-order valence-corrected chi connectivity index (χ2v) is 11.2. The maximum absolute atomic E-state index is 13.9. The number of aromatic nitrogens is 1. The van der Waals surface area contributed by atoms with Crippen LogP contribution in [0.2, 0.25) is 0 Å². The number of carbonyl (C=O) groups is 3.